The van der Waals surface area contributed by atoms with Crippen LogP contribution in [0.4, 0.5) is 0 Å². The molecule has 0 saturated heterocycles. The van der Waals surface area contributed by atoms with Crippen LogP contribution in [0, 0.1) is 0 Å². The van der Waals surface area contributed by atoms with Gasteiger partial charge in [-0.15, -0.1) is 0 Å². The van der Waals surface area contributed by atoms with Gasteiger partial charge >= 0.3 is 0 Å². The third kappa shape index (κ3) is 9.66. The average Bonchev–Trinajstić information content (AvgIpc) is 2.38. The lowest BCUT2D eigenvalue weighted by Gasteiger charge is -2.36. The van der Waals surface area contributed by atoms with Crippen molar-refractivity contribution in [2.75, 3.05) is 52.7 Å². The topological polar surface area (TPSA) is 54.0 Å². The quantitative estimate of drug-likeness (QED) is 0.498. The van der Waals surface area contributed by atoms with Gasteiger partial charge in [0.1, 0.15) is 0 Å². The van der Waals surface area contributed by atoms with Crippen molar-refractivity contribution in [1.29, 1.82) is 0 Å². The third-order valence-electron chi connectivity index (χ3n) is 3.07. The molecule has 0 spiro atoms. The summed E-state index contributed by atoms with van der Waals surface area (Å²) in [5.74, 6) is 0. The first kappa shape index (κ1) is 19.8. The molecule has 0 aromatic rings. The summed E-state index contributed by atoms with van der Waals surface area (Å²) >= 11 is 0. The molecule has 0 aromatic heterocycles. The highest BCUT2D eigenvalue weighted by atomic mass is 16.5. The summed E-state index contributed by atoms with van der Waals surface area (Å²) in [5.41, 5.74) is -0.299. The number of hydrogen-bond acceptors (Lipinski definition) is 5. The van der Waals surface area contributed by atoms with Gasteiger partial charge in [-0.25, -0.2) is 0 Å². The fourth-order valence-corrected chi connectivity index (χ4v) is 2.28. The van der Waals surface area contributed by atoms with Crippen LogP contribution in [0.25, 0.3) is 0 Å². The van der Waals surface area contributed by atoms with Gasteiger partial charge in [-0.05, 0) is 20.8 Å². The molecule has 0 aliphatic carbocycles. The standard InChI is InChI=1S/C15H34N2O3/c1-6-19-10-8-17(9-11-20-7-2)12-15(5,13-18)16-14(3)4/h14,16,18H,6-13H2,1-5H3. The number of aliphatic hydroxyl groups excluding tert-OH is 1. The van der Waals surface area contributed by atoms with Crippen molar-refractivity contribution >= 4 is 0 Å². The third-order valence-corrected chi connectivity index (χ3v) is 3.07. The predicted octanol–water partition coefficient (Wildman–Crippen LogP) is 1.11. The molecule has 0 aliphatic rings. The van der Waals surface area contributed by atoms with Gasteiger partial charge in [0, 0.05) is 38.9 Å². The van der Waals surface area contributed by atoms with Crippen LogP contribution >= 0.6 is 0 Å². The number of rotatable bonds is 13. The van der Waals surface area contributed by atoms with Crippen LogP contribution in [0.2, 0.25) is 0 Å². The van der Waals surface area contributed by atoms with E-state index in [1.54, 1.807) is 0 Å². The van der Waals surface area contributed by atoms with Crippen LogP contribution in [-0.4, -0.2) is 74.3 Å². The van der Waals surface area contributed by atoms with Crippen molar-refractivity contribution in [2.24, 2.45) is 0 Å². The summed E-state index contributed by atoms with van der Waals surface area (Å²) in [6.45, 7) is 15.8. The van der Waals surface area contributed by atoms with Crippen molar-refractivity contribution in [3.8, 4) is 0 Å². The van der Waals surface area contributed by atoms with Crippen LogP contribution in [0.3, 0.4) is 0 Å². The lowest BCUT2D eigenvalue weighted by atomic mass is 10.0. The summed E-state index contributed by atoms with van der Waals surface area (Å²) in [6, 6.07) is 0.341. The zero-order valence-corrected chi connectivity index (χ0v) is 13.9. The fourth-order valence-electron chi connectivity index (χ4n) is 2.28. The normalized spacial score (nSPS) is 15.0. The largest absolute Gasteiger partial charge is 0.394 e. The fraction of sp³-hybridized carbons (Fsp3) is 1.00. The predicted molar refractivity (Wildman–Crippen MR) is 83.2 cm³/mol. The van der Waals surface area contributed by atoms with Crippen LogP contribution in [0.1, 0.15) is 34.6 Å². The van der Waals surface area contributed by atoms with Crippen LogP contribution < -0.4 is 5.32 Å². The van der Waals surface area contributed by atoms with Crippen LogP contribution in [-0.2, 0) is 9.47 Å². The summed E-state index contributed by atoms with van der Waals surface area (Å²) < 4.78 is 10.9. The number of hydrogen-bond donors (Lipinski definition) is 2. The van der Waals surface area contributed by atoms with Crippen molar-refractivity contribution in [2.45, 2.75) is 46.2 Å². The summed E-state index contributed by atoms with van der Waals surface area (Å²) in [4.78, 5) is 2.29. The Morgan fingerprint density at radius 3 is 1.95 bits per heavy atom. The Kier molecular flexibility index (Phi) is 11.3. The molecule has 2 N–H and O–H groups in total. The highest BCUT2D eigenvalue weighted by Crippen LogP contribution is 2.08. The highest BCUT2D eigenvalue weighted by Gasteiger charge is 2.26. The lowest BCUT2D eigenvalue weighted by Crippen LogP contribution is -2.57. The van der Waals surface area contributed by atoms with Crippen LogP contribution in [0.15, 0.2) is 0 Å². The Labute approximate surface area is 124 Å². The molecule has 20 heavy (non-hydrogen) atoms. The van der Waals surface area contributed by atoms with Gasteiger partial charge in [-0.3, -0.25) is 4.90 Å². The maximum Gasteiger partial charge on any atom is 0.0623 e. The second-order valence-corrected chi connectivity index (χ2v) is 5.69. The van der Waals surface area contributed by atoms with Gasteiger partial charge in [0.2, 0.25) is 0 Å². The molecule has 0 saturated carbocycles. The molecule has 0 amide bonds. The van der Waals surface area contributed by atoms with Crippen LogP contribution in [0.5, 0.6) is 0 Å². The van der Waals surface area contributed by atoms with E-state index in [4.69, 9.17) is 9.47 Å². The molecule has 1 unspecified atom stereocenters. The van der Waals surface area contributed by atoms with Crippen molar-refractivity contribution in [1.82, 2.24) is 10.2 Å². The molecule has 0 radical (unpaired) electrons. The Morgan fingerprint density at radius 1 is 1.10 bits per heavy atom. The average molecular weight is 290 g/mol. The van der Waals surface area contributed by atoms with E-state index in [9.17, 15) is 5.11 Å². The molecular formula is C15H34N2O3. The zero-order valence-electron chi connectivity index (χ0n) is 13.9. The number of ether oxygens (including phenoxy) is 2. The maximum absolute atomic E-state index is 9.67. The van der Waals surface area contributed by atoms with E-state index >= 15 is 0 Å². The lowest BCUT2D eigenvalue weighted by molar-refractivity contribution is 0.0550. The van der Waals surface area contributed by atoms with Gasteiger partial charge in [-0.1, -0.05) is 13.8 Å². The van der Waals surface area contributed by atoms with Gasteiger partial charge in [-0.2, -0.15) is 0 Å². The Bertz CT molecular complexity index is 217. The number of nitrogens with one attached hydrogen (secondary N) is 1. The van der Waals surface area contributed by atoms with Crippen molar-refractivity contribution in [3.63, 3.8) is 0 Å². The van der Waals surface area contributed by atoms with Gasteiger partial charge in [0.05, 0.1) is 25.4 Å². The Hall–Kier alpha value is -0.200. The van der Waals surface area contributed by atoms with E-state index in [0.717, 1.165) is 32.8 Å². The SMILES string of the molecule is CCOCCN(CCOCC)CC(C)(CO)NC(C)C. The van der Waals surface area contributed by atoms with Crippen molar-refractivity contribution < 1.29 is 14.6 Å². The molecule has 1 atom stereocenters. The Balaban J connectivity index is 4.40. The molecule has 122 valence electrons. The van der Waals surface area contributed by atoms with E-state index in [0.29, 0.717) is 19.3 Å². The van der Waals surface area contributed by atoms with Gasteiger partial charge < -0.3 is 19.9 Å². The van der Waals surface area contributed by atoms with E-state index in [1.807, 2.05) is 13.8 Å². The van der Waals surface area contributed by atoms with E-state index in [2.05, 4.69) is 31.0 Å². The minimum Gasteiger partial charge on any atom is -0.394 e. The smallest absolute Gasteiger partial charge is 0.0623 e. The molecule has 0 heterocycles. The first-order valence-electron chi connectivity index (χ1n) is 7.73. The molecule has 0 aliphatic heterocycles. The molecule has 5 nitrogen and oxygen atoms in total. The monoisotopic (exact) mass is 290 g/mol. The molecule has 0 rings (SSSR count). The summed E-state index contributed by atoms with van der Waals surface area (Å²) in [7, 11) is 0. The van der Waals surface area contributed by atoms with Gasteiger partial charge in [0.15, 0.2) is 0 Å². The minimum atomic E-state index is -0.299. The second kappa shape index (κ2) is 11.5. The van der Waals surface area contributed by atoms with E-state index in [1.165, 1.54) is 0 Å². The second-order valence-electron chi connectivity index (χ2n) is 5.69. The molecule has 0 bridgehead atoms. The molecule has 5 heteroatoms. The van der Waals surface area contributed by atoms with E-state index < -0.39 is 0 Å². The van der Waals surface area contributed by atoms with E-state index in [-0.39, 0.29) is 12.1 Å². The minimum absolute atomic E-state index is 0.116. The highest BCUT2D eigenvalue weighted by molar-refractivity contribution is 4.87. The number of aliphatic hydroxyl groups is 1. The number of nitrogens with zero attached hydrogens (tertiary/aromatic N) is 1. The summed E-state index contributed by atoms with van der Waals surface area (Å²) in [6.07, 6.45) is 0. The maximum atomic E-state index is 9.67. The Morgan fingerprint density at radius 2 is 1.60 bits per heavy atom. The zero-order chi connectivity index (χ0) is 15.4. The molecule has 0 fully saturated rings. The first-order chi connectivity index (χ1) is 9.47. The molecular weight excluding hydrogens is 256 g/mol. The first-order valence-corrected chi connectivity index (χ1v) is 7.73. The molecule has 0 aromatic carbocycles. The van der Waals surface area contributed by atoms with Crippen molar-refractivity contribution in [3.05, 3.63) is 0 Å². The summed E-state index contributed by atoms with van der Waals surface area (Å²) in [5, 5.41) is 13.1. The van der Waals surface area contributed by atoms with Gasteiger partial charge in [0.25, 0.3) is 0 Å².